The highest BCUT2D eigenvalue weighted by molar-refractivity contribution is 5.10. The lowest BCUT2D eigenvalue weighted by molar-refractivity contribution is 0.404. The van der Waals surface area contributed by atoms with Crippen molar-refractivity contribution in [3.8, 4) is 0 Å². The molecule has 0 radical (unpaired) electrons. The summed E-state index contributed by atoms with van der Waals surface area (Å²) in [6.45, 7) is 4.92. The van der Waals surface area contributed by atoms with E-state index in [1.807, 2.05) is 6.92 Å². The van der Waals surface area contributed by atoms with Gasteiger partial charge in [0, 0.05) is 11.8 Å². The van der Waals surface area contributed by atoms with Crippen molar-refractivity contribution in [3.05, 3.63) is 27.9 Å². The fourth-order valence-electron chi connectivity index (χ4n) is 1.94. The van der Waals surface area contributed by atoms with Crippen molar-refractivity contribution in [2.45, 2.75) is 32.2 Å². The minimum atomic E-state index is -0.148. The van der Waals surface area contributed by atoms with Crippen molar-refractivity contribution in [1.29, 1.82) is 0 Å². The van der Waals surface area contributed by atoms with Gasteiger partial charge in [-0.25, -0.2) is 4.98 Å². The first-order valence-electron chi connectivity index (χ1n) is 4.94. The maximum Gasteiger partial charge on any atom is 0.251 e. The molecular formula is C10H15N3O. The molecule has 1 atom stereocenters. The van der Waals surface area contributed by atoms with E-state index in [4.69, 9.17) is 0 Å². The highest BCUT2D eigenvalue weighted by Gasteiger charge is 2.32. The number of hydrogen-bond acceptors (Lipinski definition) is 3. The zero-order valence-corrected chi connectivity index (χ0v) is 8.55. The summed E-state index contributed by atoms with van der Waals surface area (Å²) in [5.41, 5.74) is 0.562. The number of nitrogens with one attached hydrogen (secondary N) is 2. The van der Waals surface area contributed by atoms with E-state index in [1.54, 1.807) is 0 Å². The maximum atomic E-state index is 11.3. The first kappa shape index (κ1) is 9.40. The Balaban J connectivity index is 2.45. The van der Waals surface area contributed by atoms with Gasteiger partial charge in [0.15, 0.2) is 0 Å². The van der Waals surface area contributed by atoms with E-state index in [0.717, 1.165) is 30.9 Å². The van der Waals surface area contributed by atoms with E-state index in [1.165, 1.54) is 6.07 Å². The number of aryl methyl sites for hydroxylation is 1. The van der Waals surface area contributed by atoms with Crippen LogP contribution in [0.2, 0.25) is 0 Å². The second kappa shape index (κ2) is 3.20. The predicted octanol–water partition coefficient (Wildman–Crippen LogP) is 0.677. The molecule has 76 valence electrons. The lowest BCUT2D eigenvalue weighted by atomic mass is 9.99. The normalized spacial score (nSPS) is 26.7. The second-order valence-corrected chi connectivity index (χ2v) is 4.10. The van der Waals surface area contributed by atoms with Crippen LogP contribution >= 0.6 is 0 Å². The highest BCUT2D eigenvalue weighted by Crippen LogP contribution is 2.26. The van der Waals surface area contributed by atoms with Crippen molar-refractivity contribution in [1.82, 2.24) is 15.3 Å². The van der Waals surface area contributed by atoms with Crippen molar-refractivity contribution in [2.24, 2.45) is 0 Å². The van der Waals surface area contributed by atoms with Gasteiger partial charge in [-0.1, -0.05) is 0 Å². The number of nitrogens with zero attached hydrogens (tertiary/aromatic N) is 1. The van der Waals surface area contributed by atoms with Gasteiger partial charge in [-0.2, -0.15) is 0 Å². The summed E-state index contributed by atoms with van der Waals surface area (Å²) in [4.78, 5) is 18.5. The zero-order chi connectivity index (χ0) is 10.2. The highest BCUT2D eigenvalue weighted by atomic mass is 16.1. The summed E-state index contributed by atoms with van der Waals surface area (Å²) in [7, 11) is 0. The molecule has 0 aliphatic carbocycles. The average molecular weight is 193 g/mol. The van der Waals surface area contributed by atoms with Gasteiger partial charge in [-0.3, -0.25) is 4.79 Å². The van der Waals surface area contributed by atoms with Crippen LogP contribution in [0.4, 0.5) is 0 Å². The Morgan fingerprint density at radius 3 is 2.93 bits per heavy atom. The first-order valence-corrected chi connectivity index (χ1v) is 4.94. The van der Waals surface area contributed by atoms with Gasteiger partial charge in [0.25, 0.3) is 5.56 Å². The Morgan fingerprint density at radius 1 is 1.57 bits per heavy atom. The molecule has 1 unspecified atom stereocenters. The second-order valence-electron chi connectivity index (χ2n) is 4.10. The zero-order valence-electron chi connectivity index (χ0n) is 8.55. The number of rotatable bonds is 1. The van der Waals surface area contributed by atoms with Crippen LogP contribution in [0.5, 0.6) is 0 Å². The molecule has 1 aliphatic rings. The molecule has 2 N–H and O–H groups in total. The third-order valence-corrected chi connectivity index (χ3v) is 2.76. The van der Waals surface area contributed by atoms with Gasteiger partial charge in [0.05, 0.1) is 5.54 Å². The minimum Gasteiger partial charge on any atom is -0.309 e. The molecule has 14 heavy (non-hydrogen) atoms. The first-order chi connectivity index (χ1) is 6.60. The molecule has 1 saturated heterocycles. The molecule has 1 aromatic heterocycles. The van der Waals surface area contributed by atoms with Gasteiger partial charge < -0.3 is 10.3 Å². The van der Waals surface area contributed by atoms with Crippen molar-refractivity contribution in [3.63, 3.8) is 0 Å². The van der Waals surface area contributed by atoms with E-state index in [2.05, 4.69) is 22.2 Å². The molecule has 0 amide bonds. The Hall–Kier alpha value is -1.16. The topological polar surface area (TPSA) is 57.8 Å². The Morgan fingerprint density at radius 2 is 2.36 bits per heavy atom. The van der Waals surface area contributed by atoms with E-state index in [-0.39, 0.29) is 11.1 Å². The van der Waals surface area contributed by atoms with E-state index in [0.29, 0.717) is 0 Å². The molecule has 2 rings (SSSR count). The predicted molar refractivity (Wildman–Crippen MR) is 54.2 cm³/mol. The van der Waals surface area contributed by atoms with Gasteiger partial charge in [0.1, 0.15) is 5.82 Å². The van der Waals surface area contributed by atoms with Crippen molar-refractivity contribution in [2.75, 3.05) is 6.54 Å². The number of H-pyrrole nitrogens is 1. The summed E-state index contributed by atoms with van der Waals surface area (Å²) in [5.74, 6) is 0.764. The molecule has 1 aliphatic heterocycles. The summed E-state index contributed by atoms with van der Waals surface area (Å²) < 4.78 is 0. The fraction of sp³-hybridized carbons (Fsp3) is 0.600. The van der Waals surface area contributed by atoms with Crippen LogP contribution in [-0.4, -0.2) is 16.5 Å². The van der Waals surface area contributed by atoms with Crippen LogP contribution < -0.4 is 10.9 Å². The third-order valence-electron chi connectivity index (χ3n) is 2.76. The molecule has 4 heteroatoms. The molecule has 2 heterocycles. The molecular weight excluding hydrogens is 178 g/mol. The monoisotopic (exact) mass is 193 g/mol. The van der Waals surface area contributed by atoms with Crippen molar-refractivity contribution >= 4 is 0 Å². The molecule has 1 aromatic rings. The summed E-state index contributed by atoms with van der Waals surface area (Å²) in [6, 6.07) is 1.52. The average Bonchev–Trinajstić information content (AvgIpc) is 2.52. The van der Waals surface area contributed by atoms with Gasteiger partial charge >= 0.3 is 0 Å². The van der Waals surface area contributed by atoms with Gasteiger partial charge in [-0.05, 0) is 33.2 Å². The lowest BCUT2D eigenvalue weighted by Gasteiger charge is -2.22. The van der Waals surface area contributed by atoms with Crippen LogP contribution in [0.25, 0.3) is 0 Å². The summed E-state index contributed by atoms with van der Waals surface area (Å²) in [6.07, 6.45) is 2.16. The lowest BCUT2D eigenvalue weighted by Crippen LogP contribution is -2.37. The third kappa shape index (κ3) is 1.57. The largest absolute Gasteiger partial charge is 0.309 e. The standard InChI is InChI=1S/C10H15N3O/c1-7-6-8(14)13-9(12-7)10(2)4-3-5-11-10/h6,11H,3-5H2,1-2H3,(H,12,13,14). The Bertz CT molecular complexity index is 391. The van der Waals surface area contributed by atoms with E-state index < -0.39 is 0 Å². The smallest absolute Gasteiger partial charge is 0.251 e. The van der Waals surface area contributed by atoms with E-state index in [9.17, 15) is 4.79 Å². The molecule has 4 nitrogen and oxygen atoms in total. The number of aromatic nitrogens is 2. The molecule has 0 bridgehead atoms. The SMILES string of the molecule is Cc1cc(=O)[nH]c(C2(C)CCCN2)n1. The maximum absolute atomic E-state index is 11.3. The number of aromatic amines is 1. The van der Waals surface area contributed by atoms with Crippen LogP contribution in [0.3, 0.4) is 0 Å². The summed E-state index contributed by atoms with van der Waals surface area (Å²) >= 11 is 0. The summed E-state index contributed by atoms with van der Waals surface area (Å²) in [5, 5.41) is 3.37. The van der Waals surface area contributed by atoms with Crippen LogP contribution in [0.1, 0.15) is 31.3 Å². The van der Waals surface area contributed by atoms with E-state index >= 15 is 0 Å². The van der Waals surface area contributed by atoms with Gasteiger partial charge in [-0.15, -0.1) is 0 Å². The number of hydrogen-bond donors (Lipinski definition) is 2. The molecule has 0 spiro atoms. The van der Waals surface area contributed by atoms with Gasteiger partial charge in [0.2, 0.25) is 0 Å². The quantitative estimate of drug-likeness (QED) is 0.689. The van der Waals surface area contributed by atoms with Crippen LogP contribution in [0.15, 0.2) is 10.9 Å². The Kier molecular flexibility index (Phi) is 2.15. The van der Waals surface area contributed by atoms with Crippen LogP contribution in [0, 0.1) is 6.92 Å². The molecule has 1 fully saturated rings. The fourth-order valence-corrected chi connectivity index (χ4v) is 1.94. The molecule has 0 saturated carbocycles. The van der Waals surface area contributed by atoms with Crippen LogP contribution in [-0.2, 0) is 5.54 Å². The molecule has 0 aromatic carbocycles. The minimum absolute atomic E-state index is 0.0672. The van der Waals surface area contributed by atoms with Crippen molar-refractivity contribution < 1.29 is 0 Å². The Labute approximate surface area is 82.8 Å².